The van der Waals surface area contributed by atoms with Crippen LogP contribution in [0.4, 0.5) is 10.5 Å². The normalized spacial score (nSPS) is 11.5. The van der Waals surface area contributed by atoms with Gasteiger partial charge in [0.1, 0.15) is 6.04 Å². The maximum Gasteiger partial charge on any atom is 0.326 e. The van der Waals surface area contributed by atoms with Gasteiger partial charge in [-0.2, -0.15) is 0 Å². The summed E-state index contributed by atoms with van der Waals surface area (Å²) in [7, 11) is 0. The maximum absolute atomic E-state index is 11.7. The van der Waals surface area contributed by atoms with Crippen LogP contribution in [-0.2, 0) is 9.59 Å². The zero-order valence-corrected chi connectivity index (χ0v) is 13.5. The first-order valence-corrected chi connectivity index (χ1v) is 7.22. The fourth-order valence-electron chi connectivity index (χ4n) is 1.43. The number of hydrogen-bond acceptors (Lipinski definition) is 3. The van der Waals surface area contributed by atoms with Crippen LogP contribution in [0.3, 0.4) is 0 Å². The molecule has 0 spiro atoms. The number of carbonyl (C=O) groups excluding carboxylic acids is 1. The van der Waals surface area contributed by atoms with Crippen molar-refractivity contribution in [2.24, 2.45) is 0 Å². The van der Waals surface area contributed by atoms with Gasteiger partial charge >= 0.3 is 18.0 Å². The van der Waals surface area contributed by atoms with Gasteiger partial charge in [0, 0.05) is 15.0 Å². The fourth-order valence-corrected chi connectivity index (χ4v) is 2.44. The number of anilines is 1. The molecule has 114 valence electrons. The molecule has 0 aliphatic rings. The van der Waals surface area contributed by atoms with Gasteiger partial charge in [-0.15, -0.1) is 0 Å². The van der Waals surface area contributed by atoms with Gasteiger partial charge in [-0.1, -0.05) is 11.6 Å². The quantitative estimate of drug-likeness (QED) is 0.521. The number of aliphatic carboxylic acids is 2. The SMILES string of the molecule is O=C(O)CCC(NC(=O)Nc1ccc(Cl)cc1I)C(=O)O. The number of carboxylic acid groups (broad SMARTS) is 2. The van der Waals surface area contributed by atoms with E-state index in [9.17, 15) is 14.4 Å². The predicted octanol–water partition coefficient (Wildman–Crippen LogP) is 2.38. The molecule has 7 nitrogen and oxygen atoms in total. The van der Waals surface area contributed by atoms with Crippen molar-refractivity contribution < 1.29 is 24.6 Å². The van der Waals surface area contributed by atoms with Crippen molar-refractivity contribution in [1.29, 1.82) is 0 Å². The van der Waals surface area contributed by atoms with E-state index in [0.717, 1.165) is 0 Å². The van der Waals surface area contributed by atoms with Gasteiger partial charge in [0.05, 0.1) is 5.69 Å². The molecule has 0 fully saturated rings. The van der Waals surface area contributed by atoms with E-state index >= 15 is 0 Å². The topological polar surface area (TPSA) is 116 Å². The molecule has 0 saturated carbocycles. The Hall–Kier alpha value is -1.55. The van der Waals surface area contributed by atoms with Crippen LogP contribution in [0.25, 0.3) is 0 Å². The summed E-state index contributed by atoms with van der Waals surface area (Å²) in [6.07, 6.45) is -0.550. The molecule has 0 aromatic heterocycles. The molecule has 1 aromatic carbocycles. The van der Waals surface area contributed by atoms with E-state index in [-0.39, 0.29) is 12.8 Å². The van der Waals surface area contributed by atoms with Gasteiger partial charge in [0.15, 0.2) is 0 Å². The smallest absolute Gasteiger partial charge is 0.326 e. The highest BCUT2D eigenvalue weighted by atomic mass is 127. The highest BCUT2D eigenvalue weighted by Crippen LogP contribution is 2.22. The Kier molecular flexibility index (Phi) is 6.69. The predicted molar refractivity (Wildman–Crippen MR) is 84.6 cm³/mol. The molecule has 2 amide bonds. The molecule has 0 aliphatic carbocycles. The summed E-state index contributed by atoms with van der Waals surface area (Å²) in [4.78, 5) is 33.1. The molecule has 0 aliphatic heterocycles. The Bertz CT molecular complexity index is 567. The number of urea groups is 1. The van der Waals surface area contributed by atoms with Gasteiger partial charge < -0.3 is 20.8 Å². The molecular formula is C12H12ClIN2O5. The molecule has 1 rings (SSSR count). The van der Waals surface area contributed by atoms with Gasteiger partial charge in [0.2, 0.25) is 0 Å². The molecule has 1 aromatic rings. The van der Waals surface area contributed by atoms with E-state index in [0.29, 0.717) is 14.3 Å². The lowest BCUT2D eigenvalue weighted by Crippen LogP contribution is -2.43. The molecule has 1 unspecified atom stereocenters. The third-order valence-corrected chi connectivity index (χ3v) is 3.56. The lowest BCUT2D eigenvalue weighted by molar-refractivity contribution is -0.140. The second-order valence-electron chi connectivity index (χ2n) is 4.05. The Morgan fingerprint density at radius 2 is 1.95 bits per heavy atom. The van der Waals surface area contributed by atoms with Crippen LogP contribution >= 0.6 is 34.2 Å². The molecular weight excluding hydrogens is 414 g/mol. The molecule has 0 bridgehead atoms. The maximum atomic E-state index is 11.7. The molecule has 0 radical (unpaired) electrons. The summed E-state index contributed by atoms with van der Waals surface area (Å²) < 4.78 is 0.688. The molecule has 4 N–H and O–H groups in total. The van der Waals surface area contributed by atoms with Gasteiger partial charge in [-0.25, -0.2) is 9.59 Å². The Morgan fingerprint density at radius 3 is 2.48 bits per heavy atom. The molecule has 21 heavy (non-hydrogen) atoms. The average Bonchev–Trinajstić information content (AvgIpc) is 2.37. The van der Waals surface area contributed by atoms with E-state index in [4.69, 9.17) is 21.8 Å². The van der Waals surface area contributed by atoms with Gasteiger partial charge in [-0.3, -0.25) is 4.79 Å². The summed E-state index contributed by atoms with van der Waals surface area (Å²) in [5.74, 6) is -2.42. The molecule has 0 saturated heterocycles. The first-order valence-electron chi connectivity index (χ1n) is 5.76. The summed E-state index contributed by atoms with van der Waals surface area (Å²) in [5.41, 5.74) is 0.472. The molecule has 9 heteroatoms. The van der Waals surface area contributed by atoms with Crippen molar-refractivity contribution >= 4 is 57.8 Å². The number of carbonyl (C=O) groups is 3. The fraction of sp³-hybridized carbons (Fsp3) is 0.250. The standard InChI is InChI=1S/C12H12ClIN2O5/c13-6-1-2-8(7(14)5-6)15-12(21)16-9(11(19)20)3-4-10(17)18/h1-2,5,9H,3-4H2,(H,17,18)(H,19,20)(H2,15,16,21). The largest absolute Gasteiger partial charge is 0.481 e. The third kappa shape index (κ3) is 6.17. The second-order valence-corrected chi connectivity index (χ2v) is 5.64. The third-order valence-electron chi connectivity index (χ3n) is 2.43. The highest BCUT2D eigenvalue weighted by molar-refractivity contribution is 14.1. The van der Waals surface area contributed by atoms with Crippen molar-refractivity contribution in [3.8, 4) is 0 Å². The van der Waals surface area contributed by atoms with E-state index in [1.54, 1.807) is 18.2 Å². The van der Waals surface area contributed by atoms with Crippen LogP contribution < -0.4 is 10.6 Å². The van der Waals surface area contributed by atoms with Crippen LogP contribution in [0.2, 0.25) is 5.02 Å². The lowest BCUT2D eigenvalue weighted by Gasteiger charge is -2.15. The minimum Gasteiger partial charge on any atom is -0.481 e. The summed E-state index contributed by atoms with van der Waals surface area (Å²) in [6.45, 7) is 0. The van der Waals surface area contributed by atoms with Crippen LogP contribution in [0, 0.1) is 3.57 Å². The average molecular weight is 427 g/mol. The van der Waals surface area contributed by atoms with Crippen molar-refractivity contribution in [3.05, 3.63) is 26.8 Å². The van der Waals surface area contributed by atoms with E-state index in [2.05, 4.69) is 10.6 Å². The minimum atomic E-state index is -1.29. The van der Waals surface area contributed by atoms with E-state index in [1.165, 1.54) is 0 Å². The first-order chi connectivity index (χ1) is 9.79. The van der Waals surface area contributed by atoms with E-state index < -0.39 is 24.0 Å². The minimum absolute atomic E-state index is 0.199. The highest BCUT2D eigenvalue weighted by Gasteiger charge is 2.21. The van der Waals surface area contributed by atoms with Crippen molar-refractivity contribution in [2.45, 2.75) is 18.9 Å². The Balaban J connectivity index is 2.65. The van der Waals surface area contributed by atoms with Gasteiger partial charge in [0.25, 0.3) is 0 Å². The number of hydrogen-bond donors (Lipinski definition) is 4. The number of amides is 2. The van der Waals surface area contributed by atoms with Crippen molar-refractivity contribution in [2.75, 3.05) is 5.32 Å². The first kappa shape index (κ1) is 17.5. The number of benzene rings is 1. The van der Waals surface area contributed by atoms with Crippen LogP contribution in [0.1, 0.15) is 12.8 Å². The summed E-state index contributed by atoms with van der Waals surface area (Å²) in [6, 6.07) is 2.80. The summed E-state index contributed by atoms with van der Waals surface area (Å²) in [5, 5.41) is 22.7. The second kappa shape index (κ2) is 8.03. The zero-order chi connectivity index (χ0) is 16.0. The molecule has 1 atom stereocenters. The monoisotopic (exact) mass is 426 g/mol. The van der Waals surface area contributed by atoms with Crippen LogP contribution in [-0.4, -0.2) is 34.2 Å². The van der Waals surface area contributed by atoms with Crippen LogP contribution in [0.5, 0.6) is 0 Å². The Labute approximate surface area is 138 Å². The number of halogens is 2. The number of nitrogens with one attached hydrogen (secondary N) is 2. The lowest BCUT2D eigenvalue weighted by atomic mass is 10.1. The number of carboxylic acids is 2. The molecule has 0 heterocycles. The van der Waals surface area contributed by atoms with Crippen molar-refractivity contribution in [1.82, 2.24) is 5.32 Å². The number of rotatable bonds is 6. The summed E-state index contributed by atoms with van der Waals surface area (Å²) >= 11 is 7.75. The zero-order valence-electron chi connectivity index (χ0n) is 10.6. The Morgan fingerprint density at radius 1 is 1.29 bits per heavy atom. The van der Waals surface area contributed by atoms with E-state index in [1.807, 2.05) is 22.6 Å². The van der Waals surface area contributed by atoms with Crippen molar-refractivity contribution in [3.63, 3.8) is 0 Å². The van der Waals surface area contributed by atoms with Gasteiger partial charge in [-0.05, 0) is 47.2 Å². The van der Waals surface area contributed by atoms with Crippen LogP contribution in [0.15, 0.2) is 18.2 Å².